The second-order valence-electron chi connectivity index (χ2n) is 7.23. The second kappa shape index (κ2) is 9.58. The van der Waals surface area contributed by atoms with Crippen molar-refractivity contribution in [2.24, 2.45) is 0 Å². The van der Waals surface area contributed by atoms with Crippen LogP contribution < -0.4 is 5.73 Å². The molecule has 0 bridgehead atoms. The van der Waals surface area contributed by atoms with Crippen molar-refractivity contribution >= 4 is 16.6 Å². The molecule has 0 aliphatic carbocycles. The molecular formula is C21H28N4O3. The lowest BCUT2D eigenvalue weighted by atomic mass is 10.0. The van der Waals surface area contributed by atoms with Crippen molar-refractivity contribution in [3.63, 3.8) is 0 Å². The van der Waals surface area contributed by atoms with E-state index in [1.54, 1.807) is 0 Å². The first-order valence-electron chi connectivity index (χ1n) is 9.90. The van der Waals surface area contributed by atoms with Crippen LogP contribution in [0.4, 0.5) is 5.69 Å². The number of pyridine rings is 1. The number of phenols is 2. The van der Waals surface area contributed by atoms with Gasteiger partial charge in [0.25, 0.3) is 0 Å². The van der Waals surface area contributed by atoms with E-state index in [9.17, 15) is 10.2 Å². The van der Waals surface area contributed by atoms with E-state index in [1.807, 2.05) is 0 Å². The van der Waals surface area contributed by atoms with Crippen LogP contribution in [0, 0.1) is 11.3 Å². The van der Waals surface area contributed by atoms with Gasteiger partial charge in [-0.25, -0.2) is 0 Å². The Balaban J connectivity index is 0.000000192. The summed E-state index contributed by atoms with van der Waals surface area (Å²) in [5.41, 5.74) is 9.27. The minimum absolute atomic E-state index is 0.180. The van der Waals surface area contributed by atoms with Crippen LogP contribution in [0.2, 0.25) is 0 Å². The number of hydrogen-bond acceptors (Lipinski definition) is 7. The van der Waals surface area contributed by atoms with E-state index in [4.69, 9.17) is 15.7 Å². The highest BCUT2D eigenvalue weighted by Gasteiger charge is 2.17. The molecule has 1 aromatic carbocycles. The standard InChI is InChI=1S/C13H14N2O3.C8H14N2/c14-13-7-1-3-18-4-2-9(7)15-10-6-12(17)11(16)5-8(10)13;9-5-4-8-10-6-2-1-3-7-10/h5-6,16-17H,1-4H2,(H2,14,15);1-4,6-8H2. The maximum atomic E-state index is 9.54. The highest BCUT2D eigenvalue weighted by atomic mass is 16.5. The van der Waals surface area contributed by atoms with Gasteiger partial charge in [-0.3, -0.25) is 4.98 Å². The second-order valence-corrected chi connectivity index (χ2v) is 7.23. The van der Waals surface area contributed by atoms with Gasteiger partial charge in [-0.15, -0.1) is 0 Å². The van der Waals surface area contributed by atoms with Crippen molar-refractivity contribution in [2.45, 2.75) is 38.5 Å². The summed E-state index contributed by atoms with van der Waals surface area (Å²) in [6.45, 7) is 4.67. The molecule has 2 aliphatic heterocycles. The SMILES string of the molecule is N#CCCN1CCCCC1.Nc1c2c(nc3cc(O)c(O)cc13)CCOCC2. The van der Waals surface area contributed by atoms with Crippen molar-refractivity contribution in [2.75, 3.05) is 38.6 Å². The zero-order valence-corrected chi connectivity index (χ0v) is 16.2. The predicted molar refractivity (Wildman–Crippen MR) is 108 cm³/mol. The Morgan fingerprint density at radius 3 is 2.57 bits per heavy atom. The number of phenolic OH excluding ortho intramolecular Hbond substituents is 2. The highest BCUT2D eigenvalue weighted by Crippen LogP contribution is 2.35. The predicted octanol–water partition coefficient (Wildman–Crippen LogP) is 2.73. The molecule has 28 heavy (non-hydrogen) atoms. The summed E-state index contributed by atoms with van der Waals surface area (Å²) >= 11 is 0. The number of nitriles is 1. The number of likely N-dealkylation sites (tertiary alicyclic amines) is 1. The smallest absolute Gasteiger partial charge is 0.159 e. The van der Waals surface area contributed by atoms with Gasteiger partial charge in [-0.05, 0) is 44.0 Å². The number of hydrogen-bond donors (Lipinski definition) is 3. The van der Waals surface area contributed by atoms with Gasteiger partial charge in [-0.1, -0.05) is 6.42 Å². The Bertz CT molecular complexity index is 857. The molecule has 1 aromatic heterocycles. The number of anilines is 1. The number of aromatic hydroxyl groups is 2. The molecule has 1 fully saturated rings. The fraction of sp³-hybridized carbons (Fsp3) is 0.524. The van der Waals surface area contributed by atoms with Gasteiger partial charge in [0.2, 0.25) is 0 Å². The van der Waals surface area contributed by atoms with E-state index in [0.717, 1.165) is 30.6 Å². The molecule has 2 aromatic rings. The van der Waals surface area contributed by atoms with Crippen LogP contribution in [-0.4, -0.2) is 52.9 Å². The Kier molecular flexibility index (Phi) is 6.90. The Labute approximate surface area is 165 Å². The van der Waals surface area contributed by atoms with Crippen LogP contribution in [-0.2, 0) is 17.6 Å². The first kappa shape index (κ1) is 20.2. The molecule has 2 aliphatic rings. The number of piperidine rings is 1. The van der Waals surface area contributed by atoms with E-state index in [1.165, 1.54) is 44.5 Å². The number of rotatable bonds is 2. The van der Waals surface area contributed by atoms with E-state index in [2.05, 4.69) is 16.0 Å². The van der Waals surface area contributed by atoms with E-state index >= 15 is 0 Å². The number of nitrogens with two attached hydrogens (primary N) is 1. The lowest BCUT2D eigenvalue weighted by Crippen LogP contribution is -2.30. The normalized spacial score (nSPS) is 17.1. The third kappa shape index (κ3) is 4.83. The van der Waals surface area contributed by atoms with Crippen molar-refractivity contribution in [1.29, 1.82) is 5.26 Å². The van der Waals surface area contributed by atoms with Crippen LogP contribution in [0.1, 0.15) is 36.9 Å². The molecular weight excluding hydrogens is 356 g/mol. The van der Waals surface area contributed by atoms with Crippen molar-refractivity contribution < 1.29 is 14.9 Å². The molecule has 7 heteroatoms. The van der Waals surface area contributed by atoms with E-state index < -0.39 is 0 Å². The average molecular weight is 384 g/mol. The van der Waals surface area contributed by atoms with Crippen LogP contribution in [0.5, 0.6) is 11.5 Å². The number of aromatic nitrogens is 1. The lowest BCUT2D eigenvalue weighted by Gasteiger charge is -2.24. The molecule has 4 N–H and O–H groups in total. The van der Waals surface area contributed by atoms with Crippen molar-refractivity contribution in [1.82, 2.24) is 9.88 Å². The zero-order chi connectivity index (χ0) is 19.9. The van der Waals surface area contributed by atoms with E-state index in [-0.39, 0.29) is 11.5 Å². The summed E-state index contributed by atoms with van der Waals surface area (Å²) in [6.07, 6.45) is 6.17. The topological polar surface area (TPSA) is 116 Å². The molecule has 0 amide bonds. The van der Waals surface area contributed by atoms with Gasteiger partial charge >= 0.3 is 0 Å². The van der Waals surface area contributed by atoms with Crippen LogP contribution in [0.25, 0.3) is 10.9 Å². The Hall–Kier alpha value is -2.56. The molecule has 1 saturated heterocycles. The summed E-state index contributed by atoms with van der Waals surface area (Å²) in [6, 6.07) is 5.07. The molecule has 0 saturated carbocycles. The number of benzene rings is 1. The molecule has 7 nitrogen and oxygen atoms in total. The van der Waals surface area contributed by atoms with Crippen LogP contribution in [0.3, 0.4) is 0 Å². The van der Waals surface area contributed by atoms with Gasteiger partial charge in [-0.2, -0.15) is 5.26 Å². The minimum atomic E-state index is -0.181. The highest BCUT2D eigenvalue weighted by molar-refractivity contribution is 5.94. The summed E-state index contributed by atoms with van der Waals surface area (Å²) < 4.78 is 5.41. The fourth-order valence-corrected chi connectivity index (χ4v) is 3.73. The van der Waals surface area contributed by atoms with Crippen LogP contribution >= 0.6 is 0 Å². The van der Waals surface area contributed by atoms with Gasteiger partial charge < -0.3 is 25.6 Å². The van der Waals surface area contributed by atoms with Gasteiger partial charge in [0.15, 0.2) is 11.5 Å². The van der Waals surface area contributed by atoms with Gasteiger partial charge in [0.05, 0.1) is 24.8 Å². The fourth-order valence-electron chi connectivity index (χ4n) is 3.73. The molecule has 0 spiro atoms. The average Bonchev–Trinajstić information content (AvgIpc) is 2.95. The largest absolute Gasteiger partial charge is 0.504 e. The first-order chi connectivity index (χ1) is 13.6. The monoisotopic (exact) mass is 384 g/mol. The number of nitrogen functional groups attached to an aromatic ring is 1. The molecule has 3 heterocycles. The molecule has 150 valence electrons. The third-order valence-electron chi connectivity index (χ3n) is 5.28. The lowest BCUT2D eigenvalue weighted by molar-refractivity contribution is 0.146. The van der Waals surface area contributed by atoms with E-state index in [0.29, 0.717) is 36.2 Å². The molecule has 0 radical (unpaired) electrons. The molecule has 4 rings (SSSR count). The summed E-state index contributed by atoms with van der Waals surface area (Å²) in [4.78, 5) is 6.89. The summed E-state index contributed by atoms with van der Waals surface area (Å²) in [5.74, 6) is -0.361. The van der Waals surface area contributed by atoms with Crippen LogP contribution in [0.15, 0.2) is 12.1 Å². The van der Waals surface area contributed by atoms with Crippen molar-refractivity contribution in [3.8, 4) is 17.6 Å². The zero-order valence-electron chi connectivity index (χ0n) is 16.2. The van der Waals surface area contributed by atoms with Gasteiger partial charge in [0.1, 0.15) is 0 Å². The Morgan fingerprint density at radius 1 is 1.11 bits per heavy atom. The summed E-state index contributed by atoms with van der Waals surface area (Å²) in [7, 11) is 0. The maximum Gasteiger partial charge on any atom is 0.159 e. The quantitative estimate of drug-likeness (QED) is 0.682. The maximum absolute atomic E-state index is 9.54. The third-order valence-corrected chi connectivity index (χ3v) is 5.28. The number of fused-ring (bicyclic) bond motifs is 2. The number of nitrogens with zero attached hydrogens (tertiary/aromatic N) is 3. The molecule has 0 atom stereocenters. The first-order valence-corrected chi connectivity index (χ1v) is 9.90. The van der Waals surface area contributed by atoms with Crippen molar-refractivity contribution in [3.05, 3.63) is 23.4 Å². The summed E-state index contributed by atoms with van der Waals surface area (Å²) in [5, 5.41) is 28.0. The van der Waals surface area contributed by atoms with Gasteiger partial charge in [0, 0.05) is 42.2 Å². The minimum Gasteiger partial charge on any atom is -0.504 e. The Morgan fingerprint density at radius 2 is 1.82 bits per heavy atom. The number of ether oxygens (including phenoxy) is 1. The molecule has 0 unspecified atom stereocenters.